The first-order chi connectivity index (χ1) is 10.4. The number of para-hydroxylation sites is 1. The number of rotatable bonds is 2. The maximum Gasteiger partial charge on any atom is 0.146 e. The van der Waals surface area contributed by atoms with E-state index in [4.69, 9.17) is 0 Å². The Balaban J connectivity index is 1.62. The Bertz CT molecular complexity index is 836. The first-order valence-electron chi connectivity index (χ1n) is 7.17. The summed E-state index contributed by atoms with van der Waals surface area (Å²) in [4.78, 5) is 4.57. The van der Waals surface area contributed by atoms with Crippen molar-refractivity contribution in [2.45, 2.75) is 12.8 Å². The number of benzene rings is 2. The molecule has 1 N–H and O–H groups in total. The van der Waals surface area contributed by atoms with Crippen molar-refractivity contribution in [3.05, 3.63) is 71.8 Å². The van der Waals surface area contributed by atoms with Crippen molar-refractivity contribution in [2.75, 3.05) is 5.43 Å². The molecule has 1 aromatic heterocycles. The fourth-order valence-electron chi connectivity index (χ4n) is 2.78. The van der Waals surface area contributed by atoms with E-state index in [1.165, 1.54) is 11.1 Å². The number of aromatic nitrogens is 1. The molecule has 1 aliphatic rings. The van der Waals surface area contributed by atoms with Crippen molar-refractivity contribution in [3.63, 3.8) is 0 Å². The molecule has 0 saturated carbocycles. The number of hydrogen-bond acceptors (Lipinski definition) is 3. The molecule has 0 spiro atoms. The zero-order valence-corrected chi connectivity index (χ0v) is 11.6. The summed E-state index contributed by atoms with van der Waals surface area (Å²) in [7, 11) is 0. The van der Waals surface area contributed by atoms with Crippen LogP contribution < -0.4 is 5.43 Å². The van der Waals surface area contributed by atoms with Crippen LogP contribution in [0.1, 0.15) is 17.5 Å². The Hall–Kier alpha value is -2.68. The van der Waals surface area contributed by atoms with Gasteiger partial charge in [0.15, 0.2) is 0 Å². The largest absolute Gasteiger partial charge is 0.261 e. The van der Waals surface area contributed by atoms with Crippen LogP contribution in [0.5, 0.6) is 0 Å². The van der Waals surface area contributed by atoms with Gasteiger partial charge in [0.2, 0.25) is 0 Å². The summed E-state index contributed by atoms with van der Waals surface area (Å²) in [6.45, 7) is 0. The van der Waals surface area contributed by atoms with Gasteiger partial charge in [0.05, 0.1) is 11.2 Å². The highest BCUT2D eigenvalue weighted by Crippen LogP contribution is 2.22. The molecule has 0 unspecified atom stereocenters. The van der Waals surface area contributed by atoms with E-state index in [-0.39, 0.29) is 0 Å². The summed E-state index contributed by atoms with van der Waals surface area (Å²) in [5.41, 5.74) is 7.82. The van der Waals surface area contributed by atoms with Gasteiger partial charge in [-0.1, -0.05) is 42.5 Å². The first kappa shape index (κ1) is 12.1. The van der Waals surface area contributed by atoms with Gasteiger partial charge in [0.1, 0.15) is 5.82 Å². The highest BCUT2D eigenvalue weighted by atomic mass is 15.3. The van der Waals surface area contributed by atoms with Crippen LogP contribution in [0.4, 0.5) is 5.82 Å². The monoisotopic (exact) mass is 273 g/mol. The van der Waals surface area contributed by atoms with Gasteiger partial charge >= 0.3 is 0 Å². The third-order valence-electron chi connectivity index (χ3n) is 3.86. The van der Waals surface area contributed by atoms with Gasteiger partial charge in [-0.3, -0.25) is 5.43 Å². The molecular weight excluding hydrogens is 258 g/mol. The van der Waals surface area contributed by atoms with Gasteiger partial charge < -0.3 is 0 Å². The van der Waals surface area contributed by atoms with Crippen molar-refractivity contribution in [1.29, 1.82) is 0 Å². The minimum absolute atomic E-state index is 0.783. The third kappa shape index (κ3) is 2.27. The standard InChI is InChI=1S/C18H15N3/c1-3-7-15-13(5-1)9-11-17(15)20-21-18-12-10-14-6-2-4-8-16(14)19-18/h1-8,10,12H,9,11H2,(H,19,21)/b20-17+. The van der Waals surface area contributed by atoms with Crippen molar-refractivity contribution in [1.82, 2.24) is 4.98 Å². The third-order valence-corrected chi connectivity index (χ3v) is 3.86. The van der Waals surface area contributed by atoms with Gasteiger partial charge in [-0.25, -0.2) is 4.98 Å². The topological polar surface area (TPSA) is 37.3 Å². The molecular formula is C18H15N3. The zero-order chi connectivity index (χ0) is 14.1. The molecule has 3 aromatic rings. The summed E-state index contributed by atoms with van der Waals surface area (Å²) >= 11 is 0. The zero-order valence-electron chi connectivity index (χ0n) is 11.6. The van der Waals surface area contributed by atoms with Crippen LogP contribution in [0, 0.1) is 0 Å². The van der Waals surface area contributed by atoms with Crippen LogP contribution in [0.25, 0.3) is 10.9 Å². The number of pyridine rings is 1. The molecule has 3 nitrogen and oxygen atoms in total. The predicted octanol–water partition coefficient (Wildman–Crippen LogP) is 4.00. The van der Waals surface area contributed by atoms with Crippen molar-refractivity contribution < 1.29 is 0 Å². The van der Waals surface area contributed by atoms with Crippen LogP contribution in [-0.2, 0) is 6.42 Å². The van der Waals surface area contributed by atoms with E-state index >= 15 is 0 Å². The van der Waals surface area contributed by atoms with Gasteiger partial charge in [-0.2, -0.15) is 5.10 Å². The lowest BCUT2D eigenvalue weighted by Crippen LogP contribution is -2.01. The second kappa shape index (κ2) is 5.02. The Labute approximate surface area is 123 Å². The smallest absolute Gasteiger partial charge is 0.146 e. The molecule has 0 bridgehead atoms. The number of nitrogens with one attached hydrogen (secondary N) is 1. The second-order valence-corrected chi connectivity index (χ2v) is 5.22. The number of fused-ring (bicyclic) bond motifs is 2. The summed E-state index contributed by atoms with van der Waals surface area (Å²) in [5, 5.41) is 5.69. The van der Waals surface area contributed by atoms with Gasteiger partial charge in [0, 0.05) is 10.9 Å². The summed E-state index contributed by atoms with van der Waals surface area (Å²) in [6, 6.07) is 20.6. The molecule has 3 heteroatoms. The Morgan fingerprint density at radius 3 is 2.71 bits per heavy atom. The molecule has 1 heterocycles. The average Bonchev–Trinajstić information content (AvgIpc) is 2.96. The summed E-state index contributed by atoms with van der Waals surface area (Å²) in [5.74, 6) is 0.783. The lowest BCUT2D eigenvalue weighted by Gasteiger charge is -2.04. The van der Waals surface area contributed by atoms with Crippen LogP contribution in [0.15, 0.2) is 65.8 Å². The van der Waals surface area contributed by atoms with E-state index in [0.717, 1.165) is 35.3 Å². The molecule has 0 aliphatic heterocycles. The molecule has 4 rings (SSSR count). The van der Waals surface area contributed by atoms with E-state index in [2.05, 4.69) is 51.9 Å². The molecule has 102 valence electrons. The molecule has 0 saturated heterocycles. The highest BCUT2D eigenvalue weighted by Gasteiger charge is 2.16. The number of hydrogen-bond donors (Lipinski definition) is 1. The number of anilines is 1. The lowest BCUT2D eigenvalue weighted by atomic mass is 10.1. The fourth-order valence-corrected chi connectivity index (χ4v) is 2.78. The Morgan fingerprint density at radius 2 is 1.71 bits per heavy atom. The first-order valence-corrected chi connectivity index (χ1v) is 7.17. The van der Waals surface area contributed by atoms with Crippen LogP contribution >= 0.6 is 0 Å². The quantitative estimate of drug-likeness (QED) is 0.717. The minimum Gasteiger partial charge on any atom is -0.261 e. The maximum absolute atomic E-state index is 4.57. The van der Waals surface area contributed by atoms with E-state index in [9.17, 15) is 0 Å². The van der Waals surface area contributed by atoms with E-state index in [1.54, 1.807) is 0 Å². The van der Waals surface area contributed by atoms with Gasteiger partial charge in [-0.05, 0) is 36.6 Å². The predicted molar refractivity (Wildman–Crippen MR) is 86.7 cm³/mol. The van der Waals surface area contributed by atoms with Crippen molar-refractivity contribution in [3.8, 4) is 0 Å². The average molecular weight is 273 g/mol. The van der Waals surface area contributed by atoms with Crippen LogP contribution in [0.2, 0.25) is 0 Å². The van der Waals surface area contributed by atoms with Gasteiger partial charge in [0.25, 0.3) is 0 Å². The Kier molecular flexibility index (Phi) is 2.89. The Morgan fingerprint density at radius 1 is 0.857 bits per heavy atom. The molecule has 0 radical (unpaired) electrons. The molecule has 1 aliphatic carbocycles. The van der Waals surface area contributed by atoms with E-state index < -0.39 is 0 Å². The van der Waals surface area contributed by atoms with Gasteiger partial charge in [-0.15, -0.1) is 0 Å². The molecule has 0 atom stereocenters. The molecule has 0 fully saturated rings. The fraction of sp³-hybridized carbons (Fsp3) is 0.111. The summed E-state index contributed by atoms with van der Waals surface area (Å²) in [6.07, 6.45) is 2.06. The molecule has 0 amide bonds. The number of hydrazone groups is 1. The number of nitrogens with zero attached hydrogens (tertiary/aromatic N) is 2. The minimum atomic E-state index is 0.783. The lowest BCUT2D eigenvalue weighted by molar-refractivity contribution is 1.09. The van der Waals surface area contributed by atoms with Crippen LogP contribution in [0.3, 0.4) is 0 Å². The second-order valence-electron chi connectivity index (χ2n) is 5.22. The summed E-state index contributed by atoms with van der Waals surface area (Å²) < 4.78 is 0. The SMILES string of the molecule is c1ccc2c(c1)CC/C2=N\Nc1ccc2ccccc2n1. The molecule has 2 aromatic carbocycles. The van der Waals surface area contributed by atoms with Crippen molar-refractivity contribution >= 4 is 22.4 Å². The number of aryl methyl sites for hydroxylation is 1. The van der Waals surface area contributed by atoms with Crippen LogP contribution in [-0.4, -0.2) is 10.7 Å². The van der Waals surface area contributed by atoms with E-state index in [1.807, 2.05) is 24.3 Å². The highest BCUT2D eigenvalue weighted by molar-refractivity contribution is 6.04. The molecule has 21 heavy (non-hydrogen) atoms. The maximum atomic E-state index is 4.57. The van der Waals surface area contributed by atoms with E-state index in [0.29, 0.717) is 0 Å². The normalized spacial score (nSPS) is 15.3. The van der Waals surface area contributed by atoms with Crippen molar-refractivity contribution in [2.24, 2.45) is 5.10 Å².